The molecule has 1 aromatic heterocycles. The number of aromatic amines is 1. The van der Waals surface area contributed by atoms with Crippen LogP contribution in [0.15, 0.2) is 41.3 Å². The highest BCUT2D eigenvalue weighted by Gasteiger charge is 2.26. The largest absolute Gasteiger partial charge is 0.338 e. The Bertz CT molecular complexity index is 799. The van der Waals surface area contributed by atoms with Gasteiger partial charge in [0.1, 0.15) is 17.2 Å². The van der Waals surface area contributed by atoms with E-state index in [2.05, 4.69) is 4.98 Å². The summed E-state index contributed by atoms with van der Waals surface area (Å²) in [5.74, 6) is -1.18. The SMILES string of the molecule is O=C(c1ccc[nH]c1=O)N1CCC[C@H](CCc2c(F)cccc2F)C1. The van der Waals surface area contributed by atoms with E-state index < -0.39 is 17.2 Å². The molecule has 1 saturated heterocycles. The van der Waals surface area contributed by atoms with Crippen LogP contribution in [-0.2, 0) is 6.42 Å². The zero-order valence-electron chi connectivity index (χ0n) is 13.8. The van der Waals surface area contributed by atoms with Crippen molar-refractivity contribution in [1.29, 1.82) is 0 Å². The van der Waals surface area contributed by atoms with Crippen LogP contribution in [0.25, 0.3) is 0 Å². The Hall–Kier alpha value is -2.50. The third-order valence-corrected chi connectivity index (χ3v) is 4.72. The molecule has 0 spiro atoms. The number of rotatable bonds is 4. The minimum absolute atomic E-state index is 0.102. The molecule has 3 rings (SSSR count). The number of H-pyrrole nitrogens is 1. The molecule has 1 aliphatic rings. The van der Waals surface area contributed by atoms with Gasteiger partial charge >= 0.3 is 0 Å². The number of hydrogen-bond donors (Lipinski definition) is 1. The number of nitrogens with one attached hydrogen (secondary N) is 1. The first kappa shape index (κ1) is 17.3. The molecule has 1 aromatic carbocycles. The molecule has 0 aliphatic carbocycles. The molecule has 25 heavy (non-hydrogen) atoms. The van der Waals surface area contributed by atoms with Crippen LogP contribution >= 0.6 is 0 Å². The van der Waals surface area contributed by atoms with Gasteiger partial charge in [-0.1, -0.05) is 6.07 Å². The molecule has 0 unspecified atom stereocenters. The van der Waals surface area contributed by atoms with Gasteiger partial charge in [0.2, 0.25) is 0 Å². The molecule has 4 nitrogen and oxygen atoms in total. The van der Waals surface area contributed by atoms with E-state index >= 15 is 0 Å². The Kier molecular flexibility index (Phi) is 5.26. The molecule has 2 heterocycles. The highest BCUT2D eigenvalue weighted by molar-refractivity contribution is 5.93. The Labute approximate surface area is 144 Å². The maximum Gasteiger partial charge on any atom is 0.260 e. The first-order chi connectivity index (χ1) is 12.1. The third kappa shape index (κ3) is 3.95. The van der Waals surface area contributed by atoms with Crippen LogP contribution < -0.4 is 5.56 Å². The first-order valence-electron chi connectivity index (χ1n) is 8.46. The average molecular weight is 346 g/mol. The number of halogens is 2. The van der Waals surface area contributed by atoms with Gasteiger partial charge in [0.25, 0.3) is 11.5 Å². The molecule has 0 radical (unpaired) electrons. The smallest absolute Gasteiger partial charge is 0.260 e. The van der Waals surface area contributed by atoms with Crippen molar-refractivity contribution in [3.05, 3.63) is 69.6 Å². The topological polar surface area (TPSA) is 53.2 Å². The van der Waals surface area contributed by atoms with Gasteiger partial charge in [0.15, 0.2) is 0 Å². The molecule has 1 fully saturated rings. The lowest BCUT2D eigenvalue weighted by Crippen LogP contribution is -2.41. The van der Waals surface area contributed by atoms with E-state index in [4.69, 9.17) is 0 Å². The van der Waals surface area contributed by atoms with E-state index in [1.165, 1.54) is 30.5 Å². The summed E-state index contributed by atoms with van der Waals surface area (Å²) in [5.41, 5.74) is -0.170. The second-order valence-corrected chi connectivity index (χ2v) is 6.41. The molecule has 1 amide bonds. The van der Waals surface area contributed by atoms with Crippen molar-refractivity contribution < 1.29 is 13.6 Å². The van der Waals surface area contributed by atoms with Gasteiger partial charge < -0.3 is 9.88 Å². The normalized spacial score (nSPS) is 17.5. The van der Waals surface area contributed by atoms with Crippen molar-refractivity contribution in [3.8, 4) is 0 Å². The van der Waals surface area contributed by atoms with Gasteiger partial charge in [0, 0.05) is 24.8 Å². The molecule has 1 N–H and O–H groups in total. The van der Waals surface area contributed by atoms with Crippen LogP contribution in [0, 0.1) is 17.6 Å². The van der Waals surface area contributed by atoms with Gasteiger partial charge in [-0.2, -0.15) is 0 Å². The van der Waals surface area contributed by atoms with E-state index in [-0.39, 0.29) is 23.0 Å². The summed E-state index contributed by atoms with van der Waals surface area (Å²) in [5, 5.41) is 0. The first-order valence-corrected chi connectivity index (χ1v) is 8.46. The highest BCUT2D eigenvalue weighted by atomic mass is 19.1. The molecular formula is C19H20F2N2O2. The van der Waals surface area contributed by atoms with E-state index in [1.807, 2.05) is 0 Å². The van der Waals surface area contributed by atoms with E-state index in [9.17, 15) is 18.4 Å². The standard InChI is InChI=1S/C19H20F2N2O2/c20-16-6-1-7-17(21)14(16)9-8-13-4-3-11-23(12-13)19(25)15-5-2-10-22-18(15)24/h1-2,5-7,10,13H,3-4,8-9,11-12H2,(H,22,24)/t13-/m1/s1. The van der Waals surface area contributed by atoms with E-state index in [0.717, 1.165) is 12.8 Å². The van der Waals surface area contributed by atoms with Crippen LogP contribution in [0.3, 0.4) is 0 Å². The van der Waals surface area contributed by atoms with Crippen molar-refractivity contribution in [2.75, 3.05) is 13.1 Å². The Morgan fingerprint density at radius 3 is 2.68 bits per heavy atom. The number of benzene rings is 1. The van der Waals surface area contributed by atoms with Gasteiger partial charge in [-0.3, -0.25) is 9.59 Å². The summed E-state index contributed by atoms with van der Waals surface area (Å²) < 4.78 is 27.5. The summed E-state index contributed by atoms with van der Waals surface area (Å²) >= 11 is 0. The maximum atomic E-state index is 13.7. The molecule has 2 aromatic rings. The van der Waals surface area contributed by atoms with Gasteiger partial charge in [0.05, 0.1) is 0 Å². The Morgan fingerprint density at radius 2 is 1.96 bits per heavy atom. The fourth-order valence-corrected chi connectivity index (χ4v) is 3.37. The van der Waals surface area contributed by atoms with Crippen LogP contribution in [0.4, 0.5) is 8.78 Å². The summed E-state index contributed by atoms with van der Waals surface area (Å²) in [6.45, 7) is 1.10. The molecule has 1 aliphatic heterocycles. The Balaban J connectivity index is 1.64. The quantitative estimate of drug-likeness (QED) is 0.925. The number of pyridine rings is 1. The minimum Gasteiger partial charge on any atom is -0.338 e. The highest BCUT2D eigenvalue weighted by Crippen LogP contribution is 2.24. The second kappa shape index (κ2) is 7.59. The summed E-state index contributed by atoms with van der Waals surface area (Å²) in [4.78, 5) is 28.5. The van der Waals surface area contributed by atoms with Crippen LogP contribution in [0.2, 0.25) is 0 Å². The third-order valence-electron chi connectivity index (χ3n) is 4.72. The predicted molar refractivity (Wildman–Crippen MR) is 90.4 cm³/mol. The lowest BCUT2D eigenvalue weighted by atomic mass is 9.91. The molecule has 6 heteroatoms. The van der Waals surface area contributed by atoms with Gasteiger partial charge in [-0.05, 0) is 55.9 Å². The van der Waals surface area contributed by atoms with Gasteiger partial charge in [-0.25, -0.2) is 8.78 Å². The molecule has 132 valence electrons. The Morgan fingerprint density at radius 1 is 1.20 bits per heavy atom. The number of amides is 1. The summed E-state index contributed by atoms with van der Waals surface area (Å²) in [6, 6.07) is 7.01. The number of carbonyl (C=O) groups is 1. The van der Waals surface area contributed by atoms with E-state index in [0.29, 0.717) is 25.9 Å². The number of nitrogens with zero attached hydrogens (tertiary/aromatic N) is 1. The lowest BCUT2D eigenvalue weighted by Gasteiger charge is -2.32. The number of hydrogen-bond acceptors (Lipinski definition) is 2. The van der Waals surface area contributed by atoms with Crippen molar-refractivity contribution >= 4 is 5.91 Å². The van der Waals surface area contributed by atoms with Crippen LogP contribution in [0.5, 0.6) is 0 Å². The van der Waals surface area contributed by atoms with Crippen molar-refractivity contribution in [1.82, 2.24) is 9.88 Å². The monoisotopic (exact) mass is 346 g/mol. The second-order valence-electron chi connectivity index (χ2n) is 6.41. The van der Waals surface area contributed by atoms with Gasteiger partial charge in [-0.15, -0.1) is 0 Å². The summed E-state index contributed by atoms with van der Waals surface area (Å²) in [6.07, 6.45) is 4.12. The zero-order valence-corrected chi connectivity index (χ0v) is 13.8. The predicted octanol–water partition coefficient (Wildman–Crippen LogP) is 3.14. The number of carbonyl (C=O) groups excluding carboxylic acids is 1. The van der Waals surface area contributed by atoms with Crippen molar-refractivity contribution in [2.24, 2.45) is 5.92 Å². The molecule has 1 atom stereocenters. The fourth-order valence-electron chi connectivity index (χ4n) is 3.37. The molecule has 0 bridgehead atoms. The van der Waals surface area contributed by atoms with Crippen molar-refractivity contribution in [3.63, 3.8) is 0 Å². The van der Waals surface area contributed by atoms with Crippen LogP contribution in [-0.4, -0.2) is 28.9 Å². The number of aromatic nitrogens is 1. The zero-order chi connectivity index (χ0) is 17.8. The molecule has 0 saturated carbocycles. The lowest BCUT2D eigenvalue weighted by molar-refractivity contribution is 0.0666. The van der Waals surface area contributed by atoms with E-state index in [1.54, 1.807) is 11.0 Å². The van der Waals surface area contributed by atoms with Crippen molar-refractivity contribution in [2.45, 2.75) is 25.7 Å². The minimum atomic E-state index is -0.528. The number of piperidine rings is 1. The summed E-state index contributed by atoms with van der Waals surface area (Å²) in [7, 11) is 0. The number of likely N-dealkylation sites (tertiary alicyclic amines) is 1. The maximum absolute atomic E-state index is 13.7. The average Bonchev–Trinajstić information content (AvgIpc) is 2.61. The fraction of sp³-hybridized carbons (Fsp3) is 0.368. The molecular weight excluding hydrogens is 326 g/mol. The van der Waals surface area contributed by atoms with Crippen LogP contribution in [0.1, 0.15) is 35.2 Å².